The van der Waals surface area contributed by atoms with Gasteiger partial charge in [-0.05, 0) is 37.1 Å². The number of rotatable bonds is 2. The Morgan fingerprint density at radius 1 is 1.14 bits per heavy atom. The average molecular weight is 408 g/mol. The Balaban J connectivity index is 1.92. The second-order valence-electron chi connectivity index (χ2n) is 7.42. The quantitative estimate of drug-likeness (QED) is 0.483. The summed E-state index contributed by atoms with van der Waals surface area (Å²) in [6, 6.07) is 1.45. The number of Topliss-reactive ketones (excluding diaryl/α,β-unsaturated/α-hetero) is 1. The summed E-state index contributed by atoms with van der Waals surface area (Å²) in [6.07, 6.45) is -7.18. The zero-order chi connectivity index (χ0) is 20.9. The van der Waals surface area contributed by atoms with Gasteiger partial charge in [0.1, 0.15) is 17.5 Å². The van der Waals surface area contributed by atoms with Gasteiger partial charge in [-0.2, -0.15) is 26.3 Å². The second-order valence-corrected chi connectivity index (χ2v) is 7.42. The first-order chi connectivity index (χ1) is 12.8. The topological polar surface area (TPSA) is 35.5 Å². The van der Waals surface area contributed by atoms with Crippen molar-refractivity contribution in [2.24, 2.45) is 11.8 Å². The number of halogens is 6. The normalized spacial score (nSPS) is 31.4. The molecule has 3 unspecified atom stereocenters. The van der Waals surface area contributed by atoms with Gasteiger partial charge in [-0.15, -0.1) is 0 Å². The van der Waals surface area contributed by atoms with E-state index in [4.69, 9.17) is 9.78 Å². The van der Waals surface area contributed by atoms with E-state index < -0.39 is 40.7 Å². The fourth-order valence-corrected chi connectivity index (χ4v) is 3.54. The highest BCUT2D eigenvalue weighted by molar-refractivity contribution is 5.82. The van der Waals surface area contributed by atoms with E-state index in [1.54, 1.807) is 13.8 Å². The van der Waals surface area contributed by atoms with Crippen molar-refractivity contribution in [3.8, 4) is 0 Å². The van der Waals surface area contributed by atoms with Crippen molar-refractivity contribution in [2.45, 2.75) is 50.7 Å². The van der Waals surface area contributed by atoms with Crippen LogP contribution in [-0.4, -0.2) is 17.5 Å². The van der Waals surface area contributed by atoms with E-state index in [2.05, 4.69) is 0 Å². The zero-order valence-electron chi connectivity index (χ0n) is 15.0. The van der Waals surface area contributed by atoms with E-state index in [0.717, 1.165) is 12.1 Å². The Morgan fingerprint density at radius 2 is 1.82 bits per heavy atom. The lowest BCUT2D eigenvalue weighted by Gasteiger charge is -2.45. The Bertz CT molecular complexity index is 798. The van der Waals surface area contributed by atoms with Crippen LogP contribution in [-0.2, 0) is 26.9 Å². The Labute approximate surface area is 157 Å². The molecule has 2 bridgehead atoms. The first kappa shape index (κ1) is 20.9. The van der Waals surface area contributed by atoms with Gasteiger partial charge in [0.25, 0.3) is 0 Å². The molecule has 0 amide bonds. The molecule has 2 aliphatic rings. The third kappa shape index (κ3) is 3.96. The molecule has 154 valence electrons. The molecule has 2 fully saturated rings. The molecule has 0 radical (unpaired) electrons. The van der Waals surface area contributed by atoms with E-state index in [9.17, 15) is 31.1 Å². The minimum absolute atomic E-state index is 0.0188. The second kappa shape index (κ2) is 6.88. The maximum absolute atomic E-state index is 13.3. The number of hydrogen-bond donors (Lipinski definition) is 0. The first-order valence-corrected chi connectivity index (χ1v) is 8.66. The van der Waals surface area contributed by atoms with E-state index in [1.165, 1.54) is 6.08 Å². The third-order valence-corrected chi connectivity index (χ3v) is 5.47. The molecule has 9 heteroatoms. The summed E-state index contributed by atoms with van der Waals surface area (Å²) in [5.74, 6) is -0.638. The molecule has 28 heavy (non-hydrogen) atoms. The fraction of sp³-hybridized carbons (Fsp3) is 0.526. The van der Waals surface area contributed by atoms with Crippen molar-refractivity contribution < 1.29 is 40.9 Å². The molecule has 1 aromatic rings. The van der Waals surface area contributed by atoms with Crippen molar-refractivity contribution in [3.05, 3.63) is 41.0 Å². The molecule has 1 aliphatic carbocycles. The van der Waals surface area contributed by atoms with Crippen molar-refractivity contribution >= 4 is 11.9 Å². The number of carbonyl (C=O) groups is 1. The van der Waals surface area contributed by atoms with Gasteiger partial charge in [-0.25, -0.2) is 9.78 Å². The van der Waals surface area contributed by atoms with Crippen molar-refractivity contribution in [1.82, 2.24) is 0 Å². The van der Waals surface area contributed by atoms with Crippen molar-refractivity contribution in [1.29, 1.82) is 0 Å². The molecule has 1 aromatic carbocycles. The number of alkyl halides is 6. The third-order valence-electron chi connectivity index (χ3n) is 5.47. The van der Waals surface area contributed by atoms with Crippen LogP contribution in [0.5, 0.6) is 0 Å². The van der Waals surface area contributed by atoms with E-state index in [1.807, 2.05) is 0 Å². The number of hydrogen-bond acceptors (Lipinski definition) is 3. The predicted molar refractivity (Wildman–Crippen MR) is 86.7 cm³/mol. The highest BCUT2D eigenvalue weighted by Gasteiger charge is 2.49. The van der Waals surface area contributed by atoms with Crippen molar-refractivity contribution in [3.63, 3.8) is 0 Å². The summed E-state index contributed by atoms with van der Waals surface area (Å²) in [5.41, 5.74) is -4.37. The Kier molecular flexibility index (Phi) is 5.12. The van der Waals surface area contributed by atoms with Gasteiger partial charge in [0, 0.05) is 18.3 Å². The molecule has 1 saturated heterocycles. The summed E-state index contributed by atoms with van der Waals surface area (Å²) in [5, 5.41) is 0. The van der Waals surface area contributed by atoms with Gasteiger partial charge in [-0.3, -0.25) is 4.79 Å². The molecular weight excluding hydrogens is 390 g/mol. The SMILES string of the molecule is CC1C(=O)CC2CC1OO[C@@]2(C)/C=C\c1ccc(C(F)(F)F)cc1C(F)(F)F. The highest BCUT2D eigenvalue weighted by Crippen LogP contribution is 2.44. The van der Waals surface area contributed by atoms with Crippen LogP contribution in [0.4, 0.5) is 26.3 Å². The highest BCUT2D eigenvalue weighted by atomic mass is 19.4. The van der Waals surface area contributed by atoms with Gasteiger partial charge in [0.05, 0.1) is 11.1 Å². The van der Waals surface area contributed by atoms with Crippen LogP contribution >= 0.6 is 0 Å². The lowest BCUT2D eigenvalue weighted by molar-refractivity contribution is -0.415. The van der Waals surface area contributed by atoms with Crippen LogP contribution in [0.15, 0.2) is 24.3 Å². The summed E-state index contributed by atoms with van der Waals surface area (Å²) >= 11 is 0. The molecule has 1 aliphatic heterocycles. The van der Waals surface area contributed by atoms with Crippen LogP contribution < -0.4 is 0 Å². The van der Waals surface area contributed by atoms with Gasteiger partial charge in [0.15, 0.2) is 0 Å². The van der Waals surface area contributed by atoms with E-state index >= 15 is 0 Å². The van der Waals surface area contributed by atoms with Gasteiger partial charge >= 0.3 is 12.4 Å². The Hall–Kier alpha value is -1.87. The van der Waals surface area contributed by atoms with E-state index in [0.29, 0.717) is 12.5 Å². The van der Waals surface area contributed by atoms with Crippen LogP contribution in [0.25, 0.3) is 6.08 Å². The van der Waals surface area contributed by atoms with Crippen LogP contribution in [0, 0.1) is 11.8 Å². The maximum Gasteiger partial charge on any atom is 0.417 e. The summed E-state index contributed by atoms with van der Waals surface area (Å²) in [6.45, 7) is 3.30. The Morgan fingerprint density at radius 3 is 2.43 bits per heavy atom. The number of fused-ring (bicyclic) bond motifs is 2. The summed E-state index contributed by atoms with van der Waals surface area (Å²) < 4.78 is 78.2. The predicted octanol–water partition coefficient (Wildman–Crippen LogP) is 5.44. The molecule has 3 rings (SSSR count). The lowest BCUT2D eigenvalue weighted by atomic mass is 9.71. The van der Waals surface area contributed by atoms with Gasteiger partial charge < -0.3 is 0 Å². The fourth-order valence-electron chi connectivity index (χ4n) is 3.54. The number of benzene rings is 1. The number of ketones is 1. The molecule has 4 atom stereocenters. The van der Waals surface area contributed by atoms with Crippen LogP contribution in [0.3, 0.4) is 0 Å². The van der Waals surface area contributed by atoms with Crippen LogP contribution in [0.1, 0.15) is 43.4 Å². The summed E-state index contributed by atoms with van der Waals surface area (Å²) in [4.78, 5) is 22.7. The first-order valence-electron chi connectivity index (χ1n) is 8.66. The average Bonchev–Trinajstić information content (AvgIpc) is 2.59. The molecule has 3 nitrogen and oxygen atoms in total. The summed E-state index contributed by atoms with van der Waals surface area (Å²) in [7, 11) is 0. The molecule has 0 N–H and O–H groups in total. The molecule has 1 saturated carbocycles. The van der Waals surface area contributed by atoms with E-state index in [-0.39, 0.29) is 30.1 Å². The smallest absolute Gasteiger partial charge is 0.299 e. The maximum atomic E-state index is 13.3. The number of carbonyl (C=O) groups excluding carboxylic acids is 1. The molecule has 0 spiro atoms. The van der Waals surface area contributed by atoms with Gasteiger partial charge in [-0.1, -0.05) is 19.1 Å². The monoisotopic (exact) mass is 408 g/mol. The largest absolute Gasteiger partial charge is 0.417 e. The minimum Gasteiger partial charge on any atom is -0.299 e. The zero-order valence-corrected chi connectivity index (χ0v) is 15.0. The molecule has 1 heterocycles. The lowest BCUT2D eigenvalue weighted by Crippen LogP contribution is -2.52. The molecular formula is C19H18F6O3. The standard InChI is InChI=1S/C19H18F6O3/c1-10-15(26)8-13-9-16(10)27-28-17(13,2)6-5-11-3-4-12(18(20,21)22)7-14(11)19(23,24)25/h3-7,10,13,16H,8-9H2,1-2H3/b6-5-/t10?,13?,16?,17-/m0/s1. The minimum atomic E-state index is -4.97. The van der Waals surface area contributed by atoms with Crippen LogP contribution in [0.2, 0.25) is 0 Å². The van der Waals surface area contributed by atoms with Gasteiger partial charge in [0.2, 0.25) is 0 Å². The molecule has 0 aromatic heterocycles. The van der Waals surface area contributed by atoms with Crippen molar-refractivity contribution in [2.75, 3.05) is 0 Å².